The average molecular weight is 418 g/mol. The Morgan fingerprint density at radius 1 is 0.962 bits per heavy atom. The number of aryl methyl sites for hydroxylation is 1. The van der Waals surface area contributed by atoms with Crippen molar-refractivity contribution in [1.82, 2.24) is 10.0 Å². The second-order valence-electron chi connectivity index (χ2n) is 5.16. The van der Waals surface area contributed by atoms with Crippen LogP contribution in [0.2, 0.25) is 0 Å². The summed E-state index contributed by atoms with van der Waals surface area (Å²) >= 11 is 0. The minimum absolute atomic E-state index is 0. The van der Waals surface area contributed by atoms with Crippen LogP contribution < -0.4 is 39.6 Å². The van der Waals surface area contributed by atoms with E-state index in [0.717, 1.165) is 5.56 Å². The van der Waals surface area contributed by atoms with Gasteiger partial charge in [0.05, 0.1) is 24.7 Å². The third-order valence-electron chi connectivity index (χ3n) is 3.03. The normalized spacial score (nSPS) is 11.9. The minimum Gasteiger partial charge on any atom is -0.726 e. The molecule has 9 nitrogen and oxygen atoms in total. The van der Waals surface area contributed by atoms with Gasteiger partial charge in [0.2, 0.25) is 20.4 Å². The molecule has 0 aliphatic rings. The molecule has 1 rings (SSSR count). The second-order valence-corrected chi connectivity index (χ2v) is 7.98. The van der Waals surface area contributed by atoms with Crippen molar-refractivity contribution in [2.24, 2.45) is 0 Å². The number of nitrogens with one attached hydrogen (secondary N) is 2. The van der Waals surface area contributed by atoms with E-state index >= 15 is 0 Å². The number of sulfonamides is 1. The summed E-state index contributed by atoms with van der Waals surface area (Å²) in [7, 11) is -8.16. The Morgan fingerprint density at radius 2 is 1.62 bits per heavy atom. The van der Waals surface area contributed by atoms with Crippen LogP contribution in [-0.2, 0) is 29.3 Å². The molecule has 1 aromatic carbocycles. The van der Waals surface area contributed by atoms with Crippen molar-refractivity contribution in [1.29, 1.82) is 0 Å². The fraction of sp³-hybridized carbons (Fsp3) is 0.571. The van der Waals surface area contributed by atoms with Crippen LogP contribution in [0, 0.1) is 6.92 Å². The molecule has 0 aliphatic carbocycles. The Hall–Kier alpha value is -0.0800. The van der Waals surface area contributed by atoms with Crippen LogP contribution in [0.1, 0.15) is 12.0 Å². The maximum atomic E-state index is 12.0. The van der Waals surface area contributed by atoms with Crippen molar-refractivity contribution in [3.05, 3.63) is 29.8 Å². The molecule has 0 saturated carbocycles. The van der Waals surface area contributed by atoms with E-state index in [1.165, 1.54) is 0 Å². The molecule has 144 valence electrons. The van der Waals surface area contributed by atoms with Crippen molar-refractivity contribution in [3.8, 4) is 0 Å². The van der Waals surface area contributed by atoms with E-state index in [4.69, 9.17) is 4.74 Å². The predicted molar refractivity (Wildman–Crippen MR) is 90.3 cm³/mol. The summed E-state index contributed by atoms with van der Waals surface area (Å²) in [5.74, 6) is 0. The van der Waals surface area contributed by atoms with Crippen LogP contribution >= 0.6 is 0 Å². The minimum atomic E-state index is -4.67. The van der Waals surface area contributed by atoms with Crippen LogP contribution in [0.3, 0.4) is 0 Å². The van der Waals surface area contributed by atoms with Crippen LogP contribution in [0.25, 0.3) is 0 Å². The Morgan fingerprint density at radius 3 is 2.23 bits per heavy atom. The van der Waals surface area contributed by atoms with Crippen molar-refractivity contribution >= 4 is 20.4 Å². The summed E-state index contributed by atoms with van der Waals surface area (Å²) in [6, 6.07) is 6.62. The number of hydrogen-bond acceptors (Lipinski definition) is 8. The van der Waals surface area contributed by atoms with E-state index in [-0.39, 0.29) is 47.7 Å². The number of hydrogen-bond donors (Lipinski definition) is 2. The first kappa shape index (κ1) is 25.9. The Labute approximate surface area is 177 Å². The van der Waals surface area contributed by atoms with Gasteiger partial charge in [0.25, 0.3) is 0 Å². The summed E-state index contributed by atoms with van der Waals surface area (Å²) in [5.41, 5.74) is 0.992. The third kappa shape index (κ3) is 12.3. The van der Waals surface area contributed by atoms with E-state index < -0.39 is 20.4 Å². The maximum Gasteiger partial charge on any atom is 1.00 e. The zero-order valence-corrected chi connectivity index (χ0v) is 18.6. The van der Waals surface area contributed by atoms with Gasteiger partial charge in [-0.05, 0) is 32.0 Å². The zero-order valence-electron chi connectivity index (χ0n) is 14.9. The summed E-state index contributed by atoms with van der Waals surface area (Å²) < 4.78 is 66.0. The van der Waals surface area contributed by atoms with Crippen LogP contribution in [0.5, 0.6) is 0 Å². The average Bonchev–Trinajstić information content (AvgIpc) is 2.52. The van der Waals surface area contributed by atoms with Crippen molar-refractivity contribution in [2.75, 3.05) is 39.5 Å². The second kappa shape index (κ2) is 13.2. The number of benzene rings is 1. The van der Waals surface area contributed by atoms with E-state index in [9.17, 15) is 21.4 Å². The SMILES string of the molecule is Cc1ccc(S(=O)(=O)NCCCNCCOCCOS(=O)(=O)[O-])cc1.[Na+]. The van der Waals surface area contributed by atoms with Crippen LogP contribution in [0.15, 0.2) is 29.2 Å². The fourth-order valence-corrected chi connectivity index (χ4v) is 3.13. The molecule has 12 heteroatoms. The van der Waals surface area contributed by atoms with Crippen molar-refractivity contribution < 1.29 is 59.9 Å². The van der Waals surface area contributed by atoms with Gasteiger partial charge in [-0.2, -0.15) is 0 Å². The molecule has 26 heavy (non-hydrogen) atoms. The van der Waals surface area contributed by atoms with E-state index in [2.05, 4.69) is 14.2 Å². The molecular weight excluding hydrogens is 395 g/mol. The van der Waals surface area contributed by atoms with Gasteiger partial charge in [-0.1, -0.05) is 17.7 Å². The molecule has 2 N–H and O–H groups in total. The monoisotopic (exact) mass is 418 g/mol. The molecule has 0 amide bonds. The predicted octanol–water partition coefficient (Wildman–Crippen LogP) is -3.25. The van der Waals surface area contributed by atoms with Gasteiger partial charge in [0.1, 0.15) is 0 Å². The smallest absolute Gasteiger partial charge is 0.726 e. The maximum absolute atomic E-state index is 12.0. The molecule has 0 radical (unpaired) electrons. The first-order valence-electron chi connectivity index (χ1n) is 7.66. The van der Waals surface area contributed by atoms with Gasteiger partial charge in [-0.25, -0.2) is 21.6 Å². The summed E-state index contributed by atoms with van der Waals surface area (Å²) in [5, 5.41) is 3.05. The number of rotatable bonds is 13. The molecule has 0 spiro atoms. The molecule has 0 saturated heterocycles. The van der Waals surface area contributed by atoms with Gasteiger partial charge in [0, 0.05) is 13.1 Å². The molecule has 0 heterocycles. The van der Waals surface area contributed by atoms with Crippen molar-refractivity contribution in [3.63, 3.8) is 0 Å². The topological polar surface area (TPSA) is 134 Å². The number of ether oxygens (including phenoxy) is 1. The first-order chi connectivity index (χ1) is 11.7. The first-order valence-corrected chi connectivity index (χ1v) is 10.5. The van der Waals surface area contributed by atoms with Crippen molar-refractivity contribution in [2.45, 2.75) is 18.2 Å². The van der Waals surface area contributed by atoms with E-state index in [1.807, 2.05) is 6.92 Å². The fourth-order valence-electron chi connectivity index (χ4n) is 1.79. The van der Waals surface area contributed by atoms with E-state index in [0.29, 0.717) is 32.7 Å². The van der Waals surface area contributed by atoms with Gasteiger partial charge in [-0.3, -0.25) is 4.18 Å². The van der Waals surface area contributed by atoms with Gasteiger partial charge in [-0.15, -0.1) is 0 Å². The van der Waals surface area contributed by atoms with Crippen LogP contribution in [-0.4, -0.2) is 60.8 Å². The Kier molecular flexibility index (Phi) is 13.1. The summed E-state index contributed by atoms with van der Waals surface area (Å²) in [6.45, 7) is 3.29. The molecule has 0 bridgehead atoms. The summed E-state index contributed by atoms with van der Waals surface area (Å²) in [4.78, 5) is 0.238. The Bertz CT molecular complexity index is 709. The van der Waals surface area contributed by atoms with Gasteiger partial charge >= 0.3 is 29.6 Å². The van der Waals surface area contributed by atoms with E-state index in [1.54, 1.807) is 24.3 Å². The Balaban J connectivity index is 0.00000625. The molecule has 1 aromatic rings. The zero-order chi connectivity index (χ0) is 18.8. The molecular formula is C14H23N2NaO7S2. The quantitative estimate of drug-likeness (QED) is 0.148. The molecule has 0 aliphatic heterocycles. The van der Waals surface area contributed by atoms with Crippen LogP contribution in [0.4, 0.5) is 0 Å². The van der Waals surface area contributed by atoms with Gasteiger partial charge in [0.15, 0.2) is 0 Å². The van der Waals surface area contributed by atoms with Gasteiger partial charge < -0.3 is 14.6 Å². The summed E-state index contributed by atoms with van der Waals surface area (Å²) in [6.07, 6.45) is 0.600. The third-order valence-corrected chi connectivity index (χ3v) is 4.96. The molecule has 0 unspecified atom stereocenters. The molecule has 0 fully saturated rings. The molecule has 0 atom stereocenters. The molecule has 0 aromatic heterocycles. The largest absolute Gasteiger partial charge is 1.00 e. The standard InChI is InChI=1S/C14H24N2O7S2.Na/c1-13-3-5-14(6-4-13)24(17,18)16-8-2-7-15-9-10-22-11-12-23-25(19,20)21;/h3-6,15-16H,2,7-12H2,1H3,(H,19,20,21);/q;+1/p-1.